The summed E-state index contributed by atoms with van der Waals surface area (Å²) in [4.78, 5) is 16.6. The first kappa shape index (κ1) is 19.1. The number of benzene rings is 1. The molecule has 1 aromatic carbocycles. The molecule has 0 aliphatic carbocycles. The predicted molar refractivity (Wildman–Crippen MR) is 100 cm³/mol. The molecule has 2 aliphatic heterocycles. The third-order valence-electron chi connectivity index (χ3n) is 5.13. The molecule has 0 saturated carbocycles. The van der Waals surface area contributed by atoms with Crippen molar-refractivity contribution in [3.05, 3.63) is 29.8 Å². The van der Waals surface area contributed by atoms with E-state index in [-0.39, 0.29) is 12.1 Å². The fourth-order valence-electron chi connectivity index (χ4n) is 3.91. The van der Waals surface area contributed by atoms with Gasteiger partial charge in [0, 0.05) is 32.2 Å². The van der Waals surface area contributed by atoms with Gasteiger partial charge in [0.1, 0.15) is 0 Å². The van der Waals surface area contributed by atoms with Crippen LogP contribution in [0.2, 0.25) is 0 Å². The number of rotatable bonds is 4. The summed E-state index contributed by atoms with van der Waals surface area (Å²) in [6.07, 6.45) is 0.613. The molecule has 0 radical (unpaired) electrons. The average molecular weight is 381 g/mol. The predicted octanol–water partition coefficient (Wildman–Crippen LogP) is 1.27. The van der Waals surface area contributed by atoms with Gasteiger partial charge in [-0.15, -0.1) is 0 Å². The van der Waals surface area contributed by atoms with Gasteiger partial charge in [0.05, 0.1) is 10.4 Å². The van der Waals surface area contributed by atoms with Crippen molar-refractivity contribution in [3.63, 3.8) is 0 Å². The summed E-state index contributed by atoms with van der Waals surface area (Å²) in [5.74, 6) is 0. The number of carbonyl (C=O) groups is 1. The highest BCUT2D eigenvalue weighted by atomic mass is 32.2. The van der Waals surface area contributed by atoms with E-state index in [0.29, 0.717) is 37.5 Å². The van der Waals surface area contributed by atoms with Crippen molar-refractivity contribution in [3.8, 4) is 0 Å². The second-order valence-corrected chi connectivity index (χ2v) is 9.51. The highest BCUT2D eigenvalue weighted by Crippen LogP contribution is 2.49. The van der Waals surface area contributed by atoms with Crippen molar-refractivity contribution in [2.24, 2.45) is 0 Å². The number of carbonyl (C=O) groups excluding carboxylic acids is 1. The topological polar surface area (TPSA) is 73.0 Å². The zero-order valence-corrected chi connectivity index (χ0v) is 16.7. The van der Waals surface area contributed by atoms with Crippen LogP contribution in [0.25, 0.3) is 0 Å². The molecule has 144 valence electrons. The van der Waals surface area contributed by atoms with E-state index in [1.807, 2.05) is 45.0 Å². The van der Waals surface area contributed by atoms with Crippen molar-refractivity contribution >= 4 is 16.1 Å². The van der Waals surface area contributed by atoms with Gasteiger partial charge in [0.2, 0.25) is 10.0 Å². The first-order chi connectivity index (χ1) is 12.2. The Labute approximate surface area is 156 Å². The van der Waals surface area contributed by atoms with Crippen molar-refractivity contribution in [2.45, 2.75) is 36.7 Å². The molecular formula is C18H28N4O3S. The van der Waals surface area contributed by atoms with Gasteiger partial charge < -0.3 is 15.1 Å². The molecule has 1 N–H and O–H groups in total. The second kappa shape index (κ2) is 6.83. The molecule has 2 aliphatic rings. The third kappa shape index (κ3) is 3.10. The summed E-state index contributed by atoms with van der Waals surface area (Å²) in [7, 11) is 0.302. The molecule has 26 heavy (non-hydrogen) atoms. The lowest BCUT2D eigenvalue weighted by Crippen LogP contribution is -2.50. The molecule has 2 amide bonds. The van der Waals surface area contributed by atoms with Crippen LogP contribution in [-0.2, 0) is 15.6 Å². The van der Waals surface area contributed by atoms with Crippen molar-refractivity contribution in [1.29, 1.82) is 0 Å². The lowest BCUT2D eigenvalue weighted by molar-refractivity contribution is 0.173. The molecule has 1 fully saturated rings. The summed E-state index contributed by atoms with van der Waals surface area (Å²) in [6.45, 7) is 5.80. The fraction of sp³-hybridized carbons (Fsp3) is 0.611. The molecule has 7 nitrogen and oxygen atoms in total. The van der Waals surface area contributed by atoms with Crippen LogP contribution < -0.4 is 5.32 Å². The molecule has 1 spiro atoms. The van der Waals surface area contributed by atoms with Crippen LogP contribution in [0, 0.1) is 0 Å². The number of fused-ring (bicyclic) bond motifs is 2. The molecular weight excluding hydrogens is 352 g/mol. The number of amides is 2. The maximum atomic E-state index is 13.2. The minimum atomic E-state index is -3.56. The number of likely N-dealkylation sites (tertiary alicyclic amines) is 1. The summed E-state index contributed by atoms with van der Waals surface area (Å²) in [5, 5.41) is 2.91. The standard InChI is InChI=1S/C18H28N4O3S/c1-14(2)19-17(23)21-10-9-18(13-21)15-7-5-6-8-16(15)26(24,25)22(18)12-11-20(3)4/h5-8,14H,9-13H2,1-4H3,(H,19,23)/t18-/m0/s1. The van der Waals surface area contributed by atoms with Crippen LogP contribution in [-0.4, -0.2) is 74.9 Å². The minimum absolute atomic E-state index is 0.0449. The smallest absolute Gasteiger partial charge is 0.317 e. The number of nitrogens with one attached hydrogen (secondary N) is 1. The molecule has 0 aromatic heterocycles. The second-order valence-electron chi connectivity index (χ2n) is 7.68. The number of hydrogen-bond donors (Lipinski definition) is 1. The van der Waals surface area contributed by atoms with E-state index in [2.05, 4.69) is 5.32 Å². The van der Waals surface area contributed by atoms with Crippen molar-refractivity contribution in [2.75, 3.05) is 40.3 Å². The highest BCUT2D eigenvalue weighted by molar-refractivity contribution is 7.89. The maximum absolute atomic E-state index is 13.2. The normalized spacial score (nSPS) is 24.6. The van der Waals surface area contributed by atoms with Crippen LogP contribution >= 0.6 is 0 Å². The number of nitrogens with zero attached hydrogens (tertiary/aromatic N) is 3. The SMILES string of the molecule is CC(C)NC(=O)N1CC[C@]2(C1)c1ccccc1S(=O)(=O)N2CCN(C)C. The Kier molecular flexibility index (Phi) is 5.02. The zero-order chi connectivity index (χ0) is 19.1. The average Bonchev–Trinajstić information content (AvgIpc) is 3.06. The van der Waals surface area contributed by atoms with E-state index in [4.69, 9.17) is 0 Å². The van der Waals surface area contributed by atoms with Gasteiger partial charge in [-0.1, -0.05) is 18.2 Å². The van der Waals surface area contributed by atoms with E-state index in [9.17, 15) is 13.2 Å². The molecule has 8 heteroatoms. The molecule has 1 saturated heterocycles. The number of sulfonamides is 1. The van der Waals surface area contributed by atoms with Crippen LogP contribution in [0.1, 0.15) is 25.8 Å². The molecule has 0 bridgehead atoms. The van der Waals surface area contributed by atoms with Crippen molar-refractivity contribution in [1.82, 2.24) is 19.4 Å². The van der Waals surface area contributed by atoms with E-state index in [0.717, 1.165) is 5.56 Å². The number of urea groups is 1. The quantitative estimate of drug-likeness (QED) is 0.854. The molecule has 1 aromatic rings. The van der Waals surface area contributed by atoms with E-state index in [1.165, 1.54) is 0 Å². The van der Waals surface area contributed by atoms with E-state index >= 15 is 0 Å². The lowest BCUT2D eigenvalue weighted by Gasteiger charge is -2.34. The van der Waals surface area contributed by atoms with Crippen LogP contribution in [0.4, 0.5) is 4.79 Å². The minimum Gasteiger partial charge on any atom is -0.336 e. The van der Waals surface area contributed by atoms with Gasteiger partial charge in [0.15, 0.2) is 0 Å². The number of hydrogen-bond acceptors (Lipinski definition) is 4. The maximum Gasteiger partial charge on any atom is 0.317 e. The Bertz CT molecular complexity index is 793. The summed E-state index contributed by atoms with van der Waals surface area (Å²) in [6, 6.07) is 7.13. The van der Waals surface area contributed by atoms with E-state index in [1.54, 1.807) is 21.3 Å². The van der Waals surface area contributed by atoms with Crippen LogP contribution in [0.5, 0.6) is 0 Å². The van der Waals surface area contributed by atoms with Gasteiger partial charge in [-0.05, 0) is 46.0 Å². The van der Waals surface area contributed by atoms with Crippen LogP contribution in [0.3, 0.4) is 0 Å². The third-order valence-corrected chi connectivity index (χ3v) is 7.16. The van der Waals surface area contributed by atoms with Gasteiger partial charge in [-0.2, -0.15) is 4.31 Å². The van der Waals surface area contributed by atoms with Gasteiger partial charge in [0.25, 0.3) is 0 Å². The molecule has 1 atom stereocenters. The molecule has 3 rings (SSSR count). The lowest BCUT2D eigenvalue weighted by atomic mass is 9.89. The Balaban J connectivity index is 1.98. The van der Waals surface area contributed by atoms with Gasteiger partial charge in [-0.3, -0.25) is 0 Å². The zero-order valence-electron chi connectivity index (χ0n) is 15.9. The Morgan fingerprint density at radius 3 is 2.65 bits per heavy atom. The number of likely N-dealkylation sites (N-methyl/N-ethyl adjacent to an activating group) is 1. The fourth-order valence-corrected chi connectivity index (χ4v) is 5.97. The van der Waals surface area contributed by atoms with Gasteiger partial charge >= 0.3 is 6.03 Å². The first-order valence-corrected chi connectivity index (χ1v) is 10.4. The Hall–Kier alpha value is -1.64. The summed E-state index contributed by atoms with van der Waals surface area (Å²) < 4.78 is 28.0. The van der Waals surface area contributed by atoms with E-state index < -0.39 is 15.6 Å². The molecule has 0 unspecified atom stereocenters. The van der Waals surface area contributed by atoms with Crippen LogP contribution in [0.15, 0.2) is 29.2 Å². The largest absolute Gasteiger partial charge is 0.336 e. The summed E-state index contributed by atoms with van der Waals surface area (Å²) in [5.41, 5.74) is 0.151. The summed E-state index contributed by atoms with van der Waals surface area (Å²) >= 11 is 0. The Morgan fingerprint density at radius 2 is 2.00 bits per heavy atom. The molecule has 2 heterocycles. The van der Waals surface area contributed by atoms with Crippen molar-refractivity contribution < 1.29 is 13.2 Å². The first-order valence-electron chi connectivity index (χ1n) is 9.01. The highest BCUT2D eigenvalue weighted by Gasteiger charge is 2.57. The monoisotopic (exact) mass is 380 g/mol. The Morgan fingerprint density at radius 1 is 1.31 bits per heavy atom. The van der Waals surface area contributed by atoms with Gasteiger partial charge in [-0.25, -0.2) is 13.2 Å².